The average Bonchev–Trinajstić information content (AvgIpc) is 2.17. The SMILES string of the molecule is CC(O[N+](=O)[O-])c1cccc([N+](=O)[O-])c1. The highest BCUT2D eigenvalue weighted by Gasteiger charge is 2.13. The number of hydrogen-bond acceptors (Lipinski definition) is 5. The van der Waals surface area contributed by atoms with Crippen LogP contribution in [-0.2, 0) is 4.84 Å². The molecule has 0 fully saturated rings. The van der Waals surface area contributed by atoms with Gasteiger partial charge in [0.05, 0.1) is 4.92 Å². The minimum absolute atomic E-state index is 0.119. The van der Waals surface area contributed by atoms with Crippen molar-refractivity contribution in [3.8, 4) is 0 Å². The minimum Gasteiger partial charge on any atom is -0.306 e. The average molecular weight is 212 g/mol. The van der Waals surface area contributed by atoms with Crippen molar-refractivity contribution < 1.29 is 14.8 Å². The van der Waals surface area contributed by atoms with Crippen molar-refractivity contribution in [2.24, 2.45) is 0 Å². The van der Waals surface area contributed by atoms with Gasteiger partial charge in [0.2, 0.25) is 0 Å². The fourth-order valence-electron chi connectivity index (χ4n) is 1.08. The summed E-state index contributed by atoms with van der Waals surface area (Å²) in [5.74, 6) is 0. The van der Waals surface area contributed by atoms with Crippen LogP contribution in [0.4, 0.5) is 5.69 Å². The quantitative estimate of drug-likeness (QED) is 0.560. The molecule has 1 atom stereocenters. The van der Waals surface area contributed by atoms with Gasteiger partial charge < -0.3 is 4.84 Å². The summed E-state index contributed by atoms with van der Waals surface area (Å²) in [6, 6.07) is 5.53. The van der Waals surface area contributed by atoms with E-state index in [0.717, 1.165) is 0 Å². The molecule has 0 heterocycles. The summed E-state index contributed by atoms with van der Waals surface area (Å²) in [5, 5.41) is 19.6. The summed E-state index contributed by atoms with van der Waals surface area (Å²) < 4.78 is 0. The zero-order valence-electron chi connectivity index (χ0n) is 7.82. The summed E-state index contributed by atoms with van der Waals surface area (Å²) in [5.41, 5.74) is 0.271. The van der Waals surface area contributed by atoms with Crippen molar-refractivity contribution >= 4 is 5.69 Å². The first kappa shape index (κ1) is 10.9. The van der Waals surface area contributed by atoms with Crippen LogP contribution in [0.15, 0.2) is 24.3 Å². The largest absolute Gasteiger partial charge is 0.306 e. The molecule has 1 aromatic carbocycles. The lowest BCUT2D eigenvalue weighted by atomic mass is 10.1. The van der Waals surface area contributed by atoms with E-state index in [2.05, 4.69) is 4.84 Å². The molecule has 0 saturated carbocycles. The topological polar surface area (TPSA) is 95.5 Å². The van der Waals surface area contributed by atoms with Crippen molar-refractivity contribution in [2.75, 3.05) is 0 Å². The van der Waals surface area contributed by atoms with Gasteiger partial charge in [0.1, 0.15) is 6.10 Å². The number of nitrogens with zero attached hydrogens (tertiary/aromatic N) is 2. The van der Waals surface area contributed by atoms with E-state index in [0.29, 0.717) is 5.56 Å². The van der Waals surface area contributed by atoms with E-state index in [9.17, 15) is 20.2 Å². The summed E-state index contributed by atoms with van der Waals surface area (Å²) >= 11 is 0. The van der Waals surface area contributed by atoms with Crippen LogP contribution in [0.2, 0.25) is 0 Å². The van der Waals surface area contributed by atoms with Gasteiger partial charge in [-0.1, -0.05) is 12.1 Å². The van der Waals surface area contributed by atoms with E-state index in [-0.39, 0.29) is 5.69 Å². The summed E-state index contributed by atoms with van der Waals surface area (Å²) in [4.78, 5) is 24.2. The smallest absolute Gasteiger partial charge is 0.295 e. The number of rotatable bonds is 4. The van der Waals surface area contributed by atoms with Crippen molar-refractivity contribution in [3.63, 3.8) is 0 Å². The molecular weight excluding hydrogens is 204 g/mol. The summed E-state index contributed by atoms with van der Waals surface area (Å²) in [6.45, 7) is 1.45. The Morgan fingerprint density at radius 1 is 1.33 bits per heavy atom. The van der Waals surface area contributed by atoms with Gasteiger partial charge in [-0.3, -0.25) is 10.1 Å². The van der Waals surface area contributed by atoms with Gasteiger partial charge in [-0.05, 0) is 12.5 Å². The Kier molecular flexibility index (Phi) is 3.17. The Morgan fingerprint density at radius 2 is 2.00 bits per heavy atom. The summed E-state index contributed by atoms with van der Waals surface area (Å²) in [7, 11) is 0. The lowest BCUT2D eigenvalue weighted by Crippen LogP contribution is -2.06. The van der Waals surface area contributed by atoms with E-state index < -0.39 is 16.1 Å². The van der Waals surface area contributed by atoms with Crippen LogP contribution >= 0.6 is 0 Å². The number of non-ortho nitro benzene ring substituents is 1. The van der Waals surface area contributed by atoms with Crippen LogP contribution in [0.3, 0.4) is 0 Å². The van der Waals surface area contributed by atoms with E-state index in [4.69, 9.17) is 0 Å². The van der Waals surface area contributed by atoms with E-state index >= 15 is 0 Å². The zero-order valence-corrected chi connectivity index (χ0v) is 7.82. The third-order valence-corrected chi connectivity index (χ3v) is 1.79. The monoisotopic (exact) mass is 212 g/mol. The normalized spacial score (nSPS) is 11.8. The first-order valence-electron chi connectivity index (χ1n) is 4.06. The van der Waals surface area contributed by atoms with Gasteiger partial charge >= 0.3 is 0 Å². The predicted octanol–water partition coefficient (Wildman–Crippen LogP) is 1.86. The molecule has 7 nitrogen and oxygen atoms in total. The van der Waals surface area contributed by atoms with Crippen molar-refractivity contribution in [1.82, 2.24) is 0 Å². The number of hydrogen-bond donors (Lipinski definition) is 0. The number of benzene rings is 1. The molecule has 0 radical (unpaired) electrons. The molecular formula is C8H8N2O5. The Morgan fingerprint density at radius 3 is 2.53 bits per heavy atom. The van der Waals surface area contributed by atoms with Crippen molar-refractivity contribution in [3.05, 3.63) is 50.1 Å². The minimum atomic E-state index is -0.927. The number of nitro benzene ring substituents is 1. The Hall–Kier alpha value is -2.18. The second kappa shape index (κ2) is 4.36. The second-order valence-electron chi connectivity index (χ2n) is 2.82. The molecule has 0 bridgehead atoms. The molecule has 0 saturated heterocycles. The second-order valence-corrected chi connectivity index (χ2v) is 2.82. The fraction of sp³-hybridized carbons (Fsp3) is 0.250. The molecule has 0 aromatic heterocycles. The lowest BCUT2D eigenvalue weighted by Gasteiger charge is -2.08. The molecule has 7 heteroatoms. The van der Waals surface area contributed by atoms with Crippen molar-refractivity contribution in [2.45, 2.75) is 13.0 Å². The van der Waals surface area contributed by atoms with Gasteiger partial charge in [0.15, 0.2) is 0 Å². The zero-order chi connectivity index (χ0) is 11.4. The van der Waals surface area contributed by atoms with E-state index in [1.807, 2.05) is 0 Å². The molecule has 1 aromatic rings. The third-order valence-electron chi connectivity index (χ3n) is 1.79. The lowest BCUT2D eigenvalue weighted by molar-refractivity contribution is -0.770. The Balaban J connectivity index is 2.89. The predicted molar refractivity (Wildman–Crippen MR) is 49.6 cm³/mol. The van der Waals surface area contributed by atoms with Gasteiger partial charge in [0, 0.05) is 12.1 Å². The van der Waals surface area contributed by atoms with Gasteiger partial charge in [-0.2, -0.15) is 0 Å². The van der Waals surface area contributed by atoms with Crippen LogP contribution in [0.5, 0.6) is 0 Å². The molecule has 0 amide bonds. The number of nitro groups is 1. The highest BCUT2D eigenvalue weighted by atomic mass is 17.0. The molecule has 0 aliphatic rings. The molecule has 0 spiro atoms. The molecule has 1 unspecified atom stereocenters. The molecule has 15 heavy (non-hydrogen) atoms. The van der Waals surface area contributed by atoms with Crippen molar-refractivity contribution in [1.29, 1.82) is 0 Å². The third kappa shape index (κ3) is 2.90. The molecule has 1 rings (SSSR count). The first-order chi connectivity index (χ1) is 7.00. The summed E-state index contributed by atoms with van der Waals surface area (Å²) in [6.07, 6.45) is -0.820. The van der Waals surface area contributed by atoms with E-state index in [1.54, 1.807) is 0 Å². The maximum absolute atomic E-state index is 10.4. The van der Waals surface area contributed by atoms with Crippen LogP contribution in [0.1, 0.15) is 18.6 Å². The maximum atomic E-state index is 10.4. The molecule has 0 N–H and O–H groups in total. The highest BCUT2D eigenvalue weighted by Crippen LogP contribution is 2.21. The van der Waals surface area contributed by atoms with Gasteiger partial charge in [0.25, 0.3) is 10.8 Å². The van der Waals surface area contributed by atoms with Gasteiger partial charge in [-0.25, -0.2) is 0 Å². The van der Waals surface area contributed by atoms with Crippen LogP contribution in [0.25, 0.3) is 0 Å². The van der Waals surface area contributed by atoms with Crippen LogP contribution in [-0.4, -0.2) is 10.0 Å². The van der Waals surface area contributed by atoms with Crippen LogP contribution < -0.4 is 0 Å². The molecule has 80 valence electrons. The Bertz CT molecular complexity index is 392. The Labute approximate surface area is 84.5 Å². The molecule has 0 aliphatic heterocycles. The van der Waals surface area contributed by atoms with E-state index in [1.165, 1.54) is 31.2 Å². The standard InChI is InChI=1S/C8H8N2O5/c1-6(15-10(13)14)7-3-2-4-8(5-7)9(11)12/h2-6H,1H3. The van der Waals surface area contributed by atoms with Gasteiger partial charge in [-0.15, -0.1) is 10.1 Å². The highest BCUT2D eigenvalue weighted by molar-refractivity contribution is 5.35. The van der Waals surface area contributed by atoms with Crippen LogP contribution in [0, 0.1) is 20.2 Å². The first-order valence-corrected chi connectivity index (χ1v) is 4.06. The maximum Gasteiger partial charge on any atom is 0.295 e. The fourth-order valence-corrected chi connectivity index (χ4v) is 1.08. The molecule has 0 aliphatic carbocycles.